The maximum atomic E-state index is 12.7. The summed E-state index contributed by atoms with van der Waals surface area (Å²) in [6.07, 6.45) is 0.860. The number of carbonyl (C=O) groups excluding carboxylic acids is 2. The van der Waals surface area contributed by atoms with Crippen LogP contribution in [-0.2, 0) is 19.6 Å². The predicted octanol–water partition coefficient (Wildman–Crippen LogP) is 3.99. The molecule has 1 aliphatic rings. The predicted molar refractivity (Wildman–Crippen MR) is 114 cm³/mol. The topological polar surface area (TPSA) is 92.8 Å². The fraction of sp³-hybridized carbons (Fsp3) is 0.444. The molecule has 2 aromatic heterocycles. The van der Waals surface area contributed by atoms with Gasteiger partial charge in [-0.2, -0.15) is 4.31 Å². The molecule has 1 amide bonds. The average Bonchev–Trinajstić information content (AvgIpc) is 3.28. The third-order valence-electron chi connectivity index (χ3n) is 4.59. The van der Waals surface area contributed by atoms with Crippen molar-refractivity contribution in [2.45, 2.75) is 30.9 Å². The number of anilines is 1. The lowest BCUT2D eigenvalue weighted by Crippen LogP contribution is -2.41. The molecule has 11 heteroatoms. The summed E-state index contributed by atoms with van der Waals surface area (Å²) >= 11 is 8.06. The lowest BCUT2D eigenvalue weighted by atomic mass is 9.97. The number of esters is 1. The highest BCUT2D eigenvalue weighted by atomic mass is 35.5. The third-order valence-corrected chi connectivity index (χ3v) is 9.32. The molecule has 2 aromatic rings. The van der Waals surface area contributed by atoms with Gasteiger partial charge in [-0.15, -0.1) is 22.7 Å². The molecule has 0 spiro atoms. The minimum atomic E-state index is -3.58. The highest BCUT2D eigenvalue weighted by Crippen LogP contribution is 2.32. The van der Waals surface area contributed by atoms with Crippen molar-refractivity contribution in [3.63, 3.8) is 0 Å². The number of hydrogen-bond acceptors (Lipinski definition) is 7. The van der Waals surface area contributed by atoms with Crippen LogP contribution >= 0.6 is 34.3 Å². The Labute approximate surface area is 182 Å². The highest BCUT2D eigenvalue weighted by Gasteiger charge is 2.33. The number of nitrogens with zero attached hydrogens (tertiary/aromatic N) is 1. The summed E-state index contributed by atoms with van der Waals surface area (Å²) in [7, 11) is -3.58. The Hall–Kier alpha value is -1.46. The number of rotatable bonds is 6. The zero-order chi connectivity index (χ0) is 21.2. The van der Waals surface area contributed by atoms with Crippen molar-refractivity contribution >= 4 is 61.2 Å². The SMILES string of the molecule is CCOC(=O)c1sc(NC(=O)C2CCN(S(=O)(=O)c3ccc(Cl)s3)CC2)cc1C. The zero-order valence-electron chi connectivity index (χ0n) is 15.9. The molecule has 3 heterocycles. The summed E-state index contributed by atoms with van der Waals surface area (Å²) in [6, 6.07) is 4.81. The molecule has 1 fully saturated rings. The molecular weight excluding hydrogens is 456 g/mol. The minimum Gasteiger partial charge on any atom is -0.462 e. The largest absolute Gasteiger partial charge is 0.462 e. The molecule has 0 aliphatic carbocycles. The second-order valence-corrected chi connectivity index (χ2v) is 11.5. The van der Waals surface area contributed by atoms with Gasteiger partial charge in [-0.05, 0) is 50.5 Å². The van der Waals surface area contributed by atoms with Crippen molar-refractivity contribution in [2.24, 2.45) is 5.92 Å². The lowest BCUT2D eigenvalue weighted by molar-refractivity contribution is -0.120. The quantitative estimate of drug-likeness (QED) is 0.636. The molecule has 0 atom stereocenters. The number of carbonyl (C=O) groups is 2. The van der Waals surface area contributed by atoms with E-state index in [2.05, 4.69) is 5.32 Å². The molecule has 1 saturated heterocycles. The number of nitrogens with one attached hydrogen (secondary N) is 1. The van der Waals surface area contributed by atoms with Crippen molar-refractivity contribution in [3.05, 3.63) is 33.0 Å². The summed E-state index contributed by atoms with van der Waals surface area (Å²) in [6.45, 7) is 4.36. The highest BCUT2D eigenvalue weighted by molar-refractivity contribution is 7.91. The molecule has 0 aromatic carbocycles. The number of thiophene rings is 2. The van der Waals surface area contributed by atoms with Crippen molar-refractivity contribution in [3.8, 4) is 0 Å². The maximum absolute atomic E-state index is 12.7. The van der Waals surface area contributed by atoms with Gasteiger partial charge in [0.15, 0.2) is 0 Å². The molecule has 29 heavy (non-hydrogen) atoms. The number of ether oxygens (including phenoxy) is 1. The van der Waals surface area contributed by atoms with E-state index in [9.17, 15) is 18.0 Å². The van der Waals surface area contributed by atoms with E-state index in [1.54, 1.807) is 26.0 Å². The number of sulfonamides is 1. The van der Waals surface area contributed by atoms with Crippen molar-refractivity contribution in [1.29, 1.82) is 0 Å². The van der Waals surface area contributed by atoms with Crippen LogP contribution in [0.15, 0.2) is 22.4 Å². The van der Waals surface area contributed by atoms with Gasteiger partial charge >= 0.3 is 5.97 Å². The van der Waals surface area contributed by atoms with E-state index in [-0.39, 0.29) is 35.7 Å². The first-order valence-corrected chi connectivity index (χ1v) is 12.5. The normalized spacial score (nSPS) is 16.0. The van der Waals surface area contributed by atoms with Crippen LogP contribution in [0.4, 0.5) is 5.00 Å². The standard InChI is InChI=1S/C18H21ClN2O5S3/c1-3-26-18(23)16-11(2)10-14(28-16)20-17(22)12-6-8-21(9-7-12)29(24,25)15-5-4-13(19)27-15/h4-5,10,12H,3,6-9H2,1-2H3,(H,20,22). The second kappa shape index (κ2) is 9.13. The molecule has 3 rings (SSSR count). The number of hydrogen-bond donors (Lipinski definition) is 1. The van der Waals surface area contributed by atoms with Gasteiger partial charge in [0.05, 0.1) is 15.9 Å². The lowest BCUT2D eigenvalue weighted by Gasteiger charge is -2.30. The van der Waals surface area contributed by atoms with Crippen molar-refractivity contribution in [1.82, 2.24) is 4.31 Å². The van der Waals surface area contributed by atoms with E-state index >= 15 is 0 Å². The monoisotopic (exact) mass is 476 g/mol. The number of halogens is 1. The van der Waals surface area contributed by atoms with E-state index in [1.165, 1.54) is 21.7 Å². The Bertz CT molecular complexity index is 1010. The summed E-state index contributed by atoms with van der Waals surface area (Å²) in [5, 5.41) is 3.43. The molecule has 7 nitrogen and oxygen atoms in total. The van der Waals surface area contributed by atoms with Crippen LogP contribution in [-0.4, -0.2) is 44.3 Å². The van der Waals surface area contributed by atoms with Crippen molar-refractivity contribution < 1.29 is 22.7 Å². The molecule has 0 radical (unpaired) electrons. The van der Waals surface area contributed by atoms with Crippen LogP contribution in [0.2, 0.25) is 4.34 Å². The fourth-order valence-electron chi connectivity index (χ4n) is 3.09. The average molecular weight is 477 g/mol. The van der Waals surface area contributed by atoms with Gasteiger partial charge in [0, 0.05) is 19.0 Å². The van der Waals surface area contributed by atoms with Crippen LogP contribution in [0.3, 0.4) is 0 Å². The summed E-state index contributed by atoms with van der Waals surface area (Å²) < 4.78 is 32.4. The van der Waals surface area contributed by atoms with Crippen LogP contribution in [0.5, 0.6) is 0 Å². The number of amides is 1. The molecule has 0 saturated carbocycles. The minimum absolute atomic E-state index is 0.169. The van der Waals surface area contributed by atoms with Crippen LogP contribution in [0.1, 0.15) is 35.0 Å². The Balaban J connectivity index is 1.59. The molecule has 1 N–H and O–H groups in total. The van der Waals surface area contributed by atoms with Gasteiger partial charge in [-0.3, -0.25) is 4.79 Å². The second-order valence-electron chi connectivity index (χ2n) is 6.57. The van der Waals surface area contributed by atoms with E-state index in [4.69, 9.17) is 16.3 Å². The Morgan fingerprint density at radius 2 is 1.97 bits per heavy atom. The van der Waals surface area contributed by atoms with Gasteiger partial charge < -0.3 is 10.1 Å². The zero-order valence-corrected chi connectivity index (χ0v) is 19.1. The molecular formula is C18H21ClN2O5S3. The van der Waals surface area contributed by atoms with Crippen LogP contribution in [0, 0.1) is 12.8 Å². The third kappa shape index (κ3) is 5.00. The van der Waals surface area contributed by atoms with Crippen LogP contribution in [0.25, 0.3) is 0 Å². The van der Waals surface area contributed by atoms with Crippen LogP contribution < -0.4 is 5.32 Å². The first-order chi connectivity index (χ1) is 13.7. The first-order valence-electron chi connectivity index (χ1n) is 9.06. The fourth-order valence-corrected chi connectivity index (χ4v) is 7.16. The van der Waals surface area contributed by atoms with E-state index in [1.807, 2.05) is 0 Å². The summed E-state index contributed by atoms with van der Waals surface area (Å²) in [4.78, 5) is 25.0. The molecule has 1 aliphatic heterocycles. The molecule has 0 bridgehead atoms. The van der Waals surface area contributed by atoms with Gasteiger partial charge in [0.2, 0.25) is 5.91 Å². The smallest absolute Gasteiger partial charge is 0.348 e. The van der Waals surface area contributed by atoms with E-state index < -0.39 is 16.0 Å². The van der Waals surface area contributed by atoms with Gasteiger partial charge in [0.25, 0.3) is 10.0 Å². The van der Waals surface area contributed by atoms with E-state index in [0.29, 0.717) is 27.1 Å². The van der Waals surface area contributed by atoms with E-state index in [0.717, 1.165) is 16.9 Å². The van der Waals surface area contributed by atoms with Gasteiger partial charge in [0.1, 0.15) is 9.09 Å². The van der Waals surface area contributed by atoms with Gasteiger partial charge in [-0.1, -0.05) is 11.6 Å². The van der Waals surface area contributed by atoms with Crippen molar-refractivity contribution in [2.75, 3.05) is 25.0 Å². The number of aryl methyl sites for hydroxylation is 1. The summed E-state index contributed by atoms with van der Waals surface area (Å²) in [5.41, 5.74) is 0.749. The maximum Gasteiger partial charge on any atom is 0.348 e. The molecule has 0 unspecified atom stereocenters. The first kappa shape index (κ1) is 22.2. The number of piperidine rings is 1. The summed E-state index contributed by atoms with van der Waals surface area (Å²) in [5.74, 6) is -0.859. The Morgan fingerprint density at radius 3 is 2.55 bits per heavy atom. The Kier molecular flexibility index (Phi) is 7.00. The van der Waals surface area contributed by atoms with Gasteiger partial charge in [-0.25, -0.2) is 13.2 Å². The molecule has 158 valence electrons. The Morgan fingerprint density at radius 1 is 1.28 bits per heavy atom.